The van der Waals surface area contributed by atoms with E-state index in [2.05, 4.69) is 13.8 Å². The molecule has 0 fully saturated rings. The molecular formula is C13H22O3Si. The number of aliphatic hydroxyl groups is 1. The molecule has 0 heterocycles. The van der Waals surface area contributed by atoms with E-state index in [1.165, 1.54) is 0 Å². The molecule has 96 valence electrons. The molecular weight excluding hydrogens is 232 g/mol. The highest BCUT2D eigenvalue weighted by atomic mass is 28.4. The van der Waals surface area contributed by atoms with Crippen LogP contribution in [-0.4, -0.2) is 33.1 Å². The minimum absolute atomic E-state index is 0.0307. The van der Waals surface area contributed by atoms with Crippen LogP contribution >= 0.6 is 0 Å². The van der Waals surface area contributed by atoms with E-state index in [0.717, 1.165) is 18.0 Å². The molecule has 1 aromatic carbocycles. The highest BCUT2D eigenvalue weighted by molar-refractivity contribution is 6.81. The van der Waals surface area contributed by atoms with Gasteiger partial charge < -0.3 is 14.0 Å². The molecule has 0 saturated heterocycles. The number of hydrogen-bond donors (Lipinski definition) is 1. The summed E-state index contributed by atoms with van der Waals surface area (Å²) < 4.78 is 11.8. The summed E-state index contributed by atoms with van der Waals surface area (Å²) in [6, 6.07) is 9.83. The minimum Gasteiger partial charge on any atom is -0.394 e. The van der Waals surface area contributed by atoms with Crippen molar-refractivity contribution in [2.75, 3.05) is 19.4 Å². The number of aliphatic hydroxyl groups excluding tert-OH is 1. The summed E-state index contributed by atoms with van der Waals surface area (Å²) in [6.45, 7) is 5.37. The van der Waals surface area contributed by atoms with Crippen molar-refractivity contribution in [3.05, 3.63) is 30.3 Å². The van der Waals surface area contributed by atoms with Gasteiger partial charge in [0, 0.05) is 13.2 Å². The van der Waals surface area contributed by atoms with Crippen molar-refractivity contribution in [3.63, 3.8) is 0 Å². The van der Waals surface area contributed by atoms with Gasteiger partial charge in [-0.15, -0.1) is 0 Å². The second-order valence-electron chi connectivity index (χ2n) is 3.97. The zero-order valence-electron chi connectivity index (χ0n) is 10.7. The van der Waals surface area contributed by atoms with Gasteiger partial charge in [-0.2, -0.15) is 0 Å². The van der Waals surface area contributed by atoms with Crippen LogP contribution in [0.2, 0.25) is 0 Å². The van der Waals surface area contributed by atoms with Gasteiger partial charge in [0.25, 0.3) is 0 Å². The van der Waals surface area contributed by atoms with Crippen LogP contribution < -0.4 is 5.19 Å². The first-order valence-electron chi connectivity index (χ1n) is 6.23. The molecule has 0 saturated carbocycles. The van der Waals surface area contributed by atoms with Gasteiger partial charge in [-0.3, -0.25) is 0 Å². The smallest absolute Gasteiger partial charge is 0.394 e. The molecule has 1 N–H and O–H groups in total. The second-order valence-corrected chi connectivity index (χ2v) is 6.95. The Bertz CT molecular complexity index is 295. The van der Waals surface area contributed by atoms with Gasteiger partial charge in [-0.1, -0.05) is 44.2 Å². The molecule has 0 radical (unpaired) electrons. The van der Waals surface area contributed by atoms with Crippen LogP contribution in [-0.2, 0) is 8.85 Å². The number of rotatable bonds is 8. The Kier molecular flexibility index (Phi) is 6.43. The summed E-state index contributed by atoms with van der Waals surface area (Å²) in [5, 5.41) is 10.7. The van der Waals surface area contributed by atoms with E-state index in [1.807, 2.05) is 30.3 Å². The average molecular weight is 254 g/mol. The quantitative estimate of drug-likeness (QED) is 0.718. The Labute approximate surface area is 105 Å². The Morgan fingerprint density at radius 3 is 1.94 bits per heavy atom. The van der Waals surface area contributed by atoms with Crippen LogP contribution in [0.3, 0.4) is 0 Å². The SMILES string of the molecule is CCCO[Si](CO)(OCCC)c1ccccc1. The van der Waals surface area contributed by atoms with E-state index in [9.17, 15) is 5.11 Å². The molecule has 4 heteroatoms. The fourth-order valence-corrected chi connectivity index (χ4v) is 4.17. The normalized spacial score (nSPS) is 11.7. The van der Waals surface area contributed by atoms with Crippen molar-refractivity contribution in [2.24, 2.45) is 0 Å². The van der Waals surface area contributed by atoms with Gasteiger partial charge in [0.2, 0.25) is 0 Å². The van der Waals surface area contributed by atoms with Crippen LogP contribution in [0.1, 0.15) is 26.7 Å². The monoisotopic (exact) mass is 254 g/mol. The summed E-state index contributed by atoms with van der Waals surface area (Å²) in [4.78, 5) is 0. The van der Waals surface area contributed by atoms with Crippen molar-refractivity contribution >= 4 is 13.7 Å². The molecule has 0 aliphatic carbocycles. The third kappa shape index (κ3) is 3.92. The lowest BCUT2D eigenvalue weighted by atomic mass is 10.4. The molecule has 3 nitrogen and oxygen atoms in total. The largest absolute Gasteiger partial charge is 0.398 e. The highest BCUT2D eigenvalue weighted by Crippen LogP contribution is 2.09. The van der Waals surface area contributed by atoms with Crippen molar-refractivity contribution < 1.29 is 14.0 Å². The van der Waals surface area contributed by atoms with E-state index in [0.29, 0.717) is 13.2 Å². The van der Waals surface area contributed by atoms with Crippen molar-refractivity contribution in [2.45, 2.75) is 26.7 Å². The maximum Gasteiger partial charge on any atom is 0.398 e. The molecule has 1 aromatic rings. The zero-order valence-corrected chi connectivity index (χ0v) is 11.7. The topological polar surface area (TPSA) is 38.7 Å². The molecule has 0 amide bonds. The summed E-state index contributed by atoms with van der Waals surface area (Å²) >= 11 is 0. The van der Waals surface area contributed by atoms with Gasteiger partial charge >= 0.3 is 8.56 Å². The average Bonchev–Trinajstić information content (AvgIpc) is 2.41. The third-order valence-electron chi connectivity index (χ3n) is 2.50. The first kappa shape index (κ1) is 14.4. The van der Waals surface area contributed by atoms with E-state index >= 15 is 0 Å². The summed E-state index contributed by atoms with van der Waals surface area (Å²) in [5.41, 5.74) is 0. The molecule has 0 spiro atoms. The fourth-order valence-electron chi connectivity index (χ4n) is 1.62. The van der Waals surface area contributed by atoms with E-state index in [-0.39, 0.29) is 6.23 Å². The summed E-state index contributed by atoms with van der Waals surface area (Å²) in [5.74, 6) is 0. The van der Waals surface area contributed by atoms with Gasteiger partial charge in [0.15, 0.2) is 0 Å². The minimum atomic E-state index is -2.63. The Balaban J connectivity index is 2.89. The molecule has 0 atom stereocenters. The fraction of sp³-hybridized carbons (Fsp3) is 0.538. The van der Waals surface area contributed by atoms with Crippen LogP contribution in [0.25, 0.3) is 0 Å². The zero-order chi connectivity index (χ0) is 12.6. The Morgan fingerprint density at radius 2 is 1.53 bits per heavy atom. The highest BCUT2D eigenvalue weighted by Gasteiger charge is 2.39. The maximum atomic E-state index is 9.69. The van der Waals surface area contributed by atoms with Crippen molar-refractivity contribution in [1.29, 1.82) is 0 Å². The molecule has 17 heavy (non-hydrogen) atoms. The van der Waals surface area contributed by atoms with Crippen molar-refractivity contribution in [3.8, 4) is 0 Å². The van der Waals surface area contributed by atoms with Gasteiger partial charge in [0.1, 0.15) is 0 Å². The third-order valence-corrected chi connectivity index (χ3v) is 5.47. The number of benzene rings is 1. The lowest BCUT2D eigenvalue weighted by molar-refractivity contribution is 0.152. The molecule has 0 aliphatic rings. The molecule has 0 bridgehead atoms. The molecule has 0 unspecified atom stereocenters. The lowest BCUT2D eigenvalue weighted by Gasteiger charge is -2.29. The van der Waals surface area contributed by atoms with Crippen molar-refractivity contribution in [1.82, 2.24) is 0 Å². The second kappa shape index (κ2) is 7.61. The first-order chi connectivity index (χ1) is 8.29. The van der Waals surface area contributed by atoms with E-state index in [1.54, 1.807) is 0 Å². The van der Waals surface area contributed by atoms with Crippen LogP contribution in [0, 0.1) is 0 Å². The van der Waals surface area contributed by atoms with Crippen LogP contribution in [0.5, 0.6) is 0 Å². The van der Waals surface area contributed by atoms with E-state index < -0.39 is 8.56 Å². The van der Waals surface area contributed by atoms with Gasteiger partial charge in [-0.25, -0.2) is 0 Å². The van der Waals surface area contributed by atoms with Crippen LogP contribution in [0.4, 0.5) is 0 Å². The number of hydrogen-bond acceptors (Lipinski definition) is 3. The maximum absolute atomic E-state index is 9.69. The van der Waals surface area contributed by atoms with Crippen LogP contribution in [0.15, 0.2) is 30.3 Å². The predicted molar refractivity (Wildman–Crippen MR) is 71.4 cm³/mol. The standard InChI is InChI=1S/C13H22O3Si/c1-3-10-15-17(12-14,16-11-4-2)13-8-6-5-7-9-13/h5-9,14H,3-4,10-12H2,1-2H3. The van der Waals surface area contributed by atoms with E-state index in [4.69, 9.17) is 8.85 Å². The van der Waals surface area contributed by atoms with Gasteiger partial charge in [0.05, 0.1) is 6.23 Å². The lowest BCUT2D eigenvalue weighted by Crippen LogP contribution is -2.57. The molecule has 0 aromatic heterocycles. The predicted octanol–water partition coefficient (Wildman–Crippen LogP) is 1.72. The first-order valence-corrected chi connectivity index (χ1v) is 8.25. The van der Waals surface area contributed by atoms with Gasteiger partial charge in [-0.05, 0) is 18.0 Å². The Morgan fingerprint density at radius 1 is 1.00 bits per heavy atom. The molecule has 0 aliphatic heterocycles. The Hall–Kier alpha value is -0.683. The summed E-state index contributed by atoms with van der Waals surface area (Å²) in [7, 11) is -2.63. The summed E-state index contributed by atoms with van der Waals surface area (Å²) in [6.07, 6.45) is 1.82. The molecule has 1 rings (SSSR count).